The molecular weight excluding hydrogens is 361 g/mol. The third-order valence-corrected chi connectivity index (χ3v) is 5.12. The van der Waals surface area contributed by atoms with Crippen LogP contribution in [0.2, 0.25) is 10.0 Å². The first-order valence-electron chi connectivity index (χ1n) is 7.46. The zero-order valence-corrected chi connectivity index (χ0v) is 15.0. The Morgan fingerprint density at radius 1 is 0.958 bits per heavy atom. The van der Waals surface area contributed by atoms with Crippen molar-refractivity contribution in [1.82, 2.24) is 0 Å². The average Bonchev–Trinajstić information content (AvgIpc) is 3.11. The molecule has 0 aliphatic heterocycles. The van der Waals surface area contributed by atoms with Gasteiger partial charge in [-0.25, -0.2) is 0 Å². The van der Waals surface area contributed by atoms with Gasteiger partial charge < -0.3 is 5.32 Å². The van der Waals surface area contributed by atoms with Gasteiger partial charge in [0.1, 0.15) is 0 Å². The lowest BCUT2D eigenvalue weighted by Gasteiger charge is -2.18. The molecule has 0 saturated heterocycles. The Bertz CT molecular complexity index is 798. The highest BCUT2D eigenvalue weighted by atomic mass is 35.5. The first-order valence-corrected chi connectivity index (χ1v) is 9.09. The molecule has 0 saturated carbocycles. The molecule has 3 aromatic rings. The molecule has 0 bridgehead atoms. The summed E-state index contributed by atoms with van der Waals surface area (Å²) in [5, 5.41) is 6.75. The molecule has 2 aromatic carbocycles. The second-order valence-electron chi connectivity index (χ2n) is 5.35. The maximum Gasteiger partial charge on any atom is 0.165 e. The number of rotatable bonds is 6. The van der Waals surface area contributed by atoms with Gasteiger partial charge in [0, 0.05) is 32.6 Å². The Balaban J connectivity index is 1.79. The Hall–Kier alpha value is -1.81. The van der Waals surface area contributed by atoms with E-state index in [4.69, 9.17) is 23.2 Å². The lowest BCUT2D eigenvalue weighted by molar-refractivity contribution is 0.0977. The van der Waals surface area contributed by atoms with Gasteiger partial charge in [0.05, 0.1) is 6.04 Å². The van der Waals surface area contributed by atoms with Gasteiger partial charge in [0.15, 0.2) is 5.78 Å². The minimum atomic E-state index is -0.0886. The molecule has 1 atom stereocenters. The predicted molar refractivity (Wildman–Crippen MR) is 103 cm³/mol. The van der Waals surface area contributed by atoms with Gasteiger partial charge in [-0.1, -0.05) is 29.3 Å². The fraction of sp³-hybridized carbons (Fsp3) is 0.105. The zero-order chi connectivity index (χ0) is 16.9. The van der Waals surface area contributed by atoms with Crippen LogP contribution in [-0.2, 0) is 0 Å². The molecule has 3 rings (SSSR count). The number of carbonyl (C=O) groups excluding carboxylic acids is 1. The van der Waals surface area contributed by atoms with E-state index in [0.717, 1.165) is 10.6 Å². The van der Waals surface area contributed by atoms with Crippen molar-refractivity contribution in [1.29, 1.82) is 0 Å². The summed E-state index contributed by atoms with van der Waals surface area (Å²) in [5.41, 5.74) is 1.60. The van der Waals surface area contributed by atoms with Crippen LogP contribution >= 0.6 is 34.5 Å². The van der Waals surface area contributed by atoms with Crippen LogP contribution in [0.1, 0.15) is 27.7 Å². The van der Waals surface area contributed by atoms with Crippen molar-refractivity contribution in [2.45, 2.75) is 12.5 Å². The smallest absolute Gasteiger partial charge is 0.165 e. The molecular formula is C19H15Cl2NOS. The van der Waals surface area contributed by atoms with Gasteiger partial charge in [-0.15, -0.1) is 11.3 Å². The van der Waals surface area contributed by atoms with Crippen molar-refractivity contribution in [3.8, 4) is 0 Å². The molecule has 1 unspecified atom stereocenters. The van der Waals surface area contributed by atoms with E-state index in [1.807, 2.05) is 41.8 Å². The lowest BCUT2D eigenvalue weighted by atomic mass is 10.0. The van der Waals surface area contributed by atoms with Crippen LogP contribution in [0.4, 0.5) is 5.69 Å². The molecule has 0 spiro atoms. The van der Waals surface area contributed by atoms with Gasteiger partial charge in [0.2, 0.25) is 0 Å². The molecule has 2 nitrogen and oxygen atoms in total. The highest BCUT2D eigenvalue weighted by Gasteiger charge is 2.18. The van der Waals surface area contributed by atoms with Crippen LogP contribution in [0, 0.1) is 0 Å². The fourth-order valence-corrected chi connectivity index (χ4v) is 3.43. The van der Waals surface area contributed by atoms with E-state index in [1.54, 1.807) is 35.6 Å². The number of hydrogen-bond donors (Lipinski definition) is 1. The van der Waals surface area contributed by atoms with Crippen LogP contribution in [0.5, 0.6) is 0 Å². The van der Waals surface area contributed by atoms with Crippen LogP contribution in [0.15, 0.2) is 66.0 Å². The minimum absolute atomic E-state index is 0.0755. The van der Waals surface area contributed by atoms with Crippen LogP contribution < -0.4 is 5.32 Å². The summed E-state index contributed by atoms with van der Waals surface area (Å²) in [6, 6.07) is 18.4. The van der Waals surface area contributed by atoms with Crippen molar-refractivity contribution >= 4 is 46.0 Å². The Morgan fingerprint density at radius 3 is 2.17 bits per heavy atom. The van der Waals surface area contributed by atoms with E-state index >= 15 is 0 Å². The quantitative estimate of drug-likeness (QED) is 0.499. The molecule has 24 heavy (non-hydrogen) atoms. The highest BCUT2D eigenvalue weighted by Crippen LogP contribution is 2.28. The van der Waals surface area contributed by atoms with E-state index in [0.29, 0.717) is 22.0 Å². The summed E-state index contributed by atoms with van der Waals surface area (Å²) in [6.07, 6.45) is 0.366. The van der Waals surface area contributed by atoms with E-state index in [1.165, 1.54) is 0 Å². The van der Waals surface area contributed by atoms with Crippen LogP contribution in [0.3, 0.4) is 0 Å². The molecule has 122 valence electrons. The minimum Gasteiger partial charge on any atom is -0.377 e. The molecule has 0 fully saturated rings. The Labute approximate surface area is 155 Å². The van der Waals surface area contributed by atoms with E-state index in [9.17, 15) is 4.79 Å². The number of carbonyl (C=O) groups is 1. The van der Waals surface area contributed by atoms with Crippen molar-refractivity contribution in [3.63, 3.8) is 0 Å². The number of hydrogen-bond acceptors (Lipinski definition) is 3. The summed E-state index contributed by atoms with van der Waals surface area (Å²) >= 11 is 13.5. The summed E-state index contributed by atoms with van der Waals surface area (Å²) in [4.78, 5) is 13.7. The fourth-order valence-electron chi connectivity index (χ4n) is 2.40. The SMILES string of the molecule is O=C(CC(Nc1ccc(Cl)cc1)c1cccs1)c1ccc(Cl)cc1. The molecule has 1 aromatic heterocycles. The number of Topliss-reactive ketones (excluding diaryl/α,β-unsaturated/α-hetero) is 1. The van der Waals surface area contributed by atoms with Gasteiger partial charge in [-0.3, -0.25) is 4.79 Å². The lowest BCUT2D eigenvalue weighted by Crippen LogP contribution is -2.14. The highest BCUT2D eigenvalue weighted by molar-refractivity contribution is 7.10. The second-order valence-corrected chi connectivity index (χ2v) is 7.21. The molecule has 5 heteroatoms. The second kappa shape index (κ2) is 7.84. The van der Waals surface area contributed by atoms with Gasteiger partial charge in [-0.2, -0.15) is 0 Å². The van der Waals surface area contributed by atoms with Crippen molar-refractivity contribution < 1.29 is 4.79 Å². The number of ketones is 1. The Morgan fingerprint density at radius 2 is 1.58 bits per heavy atom. The van der Waals surface area contributed by atoms with Crippen molar-refractivity contribution in [2.24, 2.45) is 0 Å². The standard InChI is InChI=1S/C19H15Cl2NOS/c20-14-5-3-13(4-6-14)18(23)12-17(19-2-1-11-24-19)22-16-9-7-15(21)8-10-16/h1-11,17,22H,12H2. The summed E-state index contributed by atoms with van der Waals surface area (Å²) in [7, 11) is 0. The number of thiophene rings is 1. The molecule has 0 aliphatic carbocycles. The van der Waals surface area contributed by atoms with E-state index < -0.39 is 0 Å². The Kier molecular flexibility index (Phi) is 5.56. The summed E-state index contributed by atoms with van der Waals surface area (Å²) < 4.78 is 0. The zero-order valence-electron chi connectivity index (χ0n) is 12.7. The normalized spacial score (nSPS) is 11.9. The first-order chi connectivity index (χ1) is 11.6. The molecule has 0 amide bonds. The van der Waals surface area contributed by atoms with Crippen LogP contribution in [-0.4, -0.2) is 5.78 Å². The number of benzene rings is 2. The monoisotopic (exact) mass is 375 g/mol. The van der Waals surface area contributed by atoms with Crippen molar-refractivity contribution in [3.05, 3.63) is 86.5 Å². The van der Waals surface area contributed by atoms with Crippen molar-refractivity contribution in [2.75, 3.05) is 5.32 Å². The van der Waals surface area contributed by atoms with Gasteiger partial charge in [0.25, 0.3) is 0 Å². The number of halogens is 2. The third-order valence-electron chi connectivity index (χ3n) is 3.63. The van der Waals surface area contributed by atoms with Gasteiger partial charge in [-0.05, 0) is 60.0 Å². The topological polar surface area (TPSA) is 29.1 Å². The molecule has 0 radical (unpaired) electrons. The largest absolute Gasteiger partial charge is 0.377 e. The van der Waals surface area contributed by atoms with E-state index in [-0.39, 0.29) is 11.8 Å². The number of nitrogens with one attached hydrogen (secondary N) is 1. The summed E-state index contributed by atoms with van der Waals surface area (Å²) in [6.45, 7) is 0. The third kappa shape index (κ3) is 4.38. The molecule has 1 N–H and O–H groups in total. The predicted octanol–water partition coefficient (Wildman–Crippen LogP) is 6.48. The van der Waals surface area contributed by atoms with Crippen LogP contribution in [0.25, 0.3) is 0 Å². The molecule has 1 heterocycles. The first kappa shape index (κ1) is 17.0. The van der Waals surface area contributed by atoms with E-state index in [2.05, 4.69) is 5.32 Å². The average molecular weight is 376 g/mol. The maximum absolute atomic E-state index is 12.6. The maximum atomic E-state index is 12.6. The summed E-state index contributed by atoms with van der Waals surface area (Å²) in [5.74, 6) is 0.0755. The van der Waals surface area contributed by atoms with Gasteiger partial charge >= 0.3 is 0 Å². The number of anilines is 1. The molecule has 0 aliphatic rings.